The molecule has 1 atom stereocenters. The van der Waals surface area contributed by atoms with Crippen LogP contribution < -0.4 is 5.32 Å². The lowest BCUT2D eigenvalue weighted by Crippen LogP contribution is -2.23. The van der Waals surface area contributed by atoms with Crippen molar-refractivity contribution in [2.75, 3.05) is 11.1 Å². The number of hydrogen-bond donors (Lipinski definition) is 1. The molecule has 1 unspecified atom stereocenters. The van der Waals surface area contributed by atoms with E-state index in [9.17, 15) is 23.2 Å². The Labute approximate surface area is 168 Å². The van der Waals surface area contributed by atoms with Gasteiger partial charge in [0, 0.05) is 17.3 Å². The first-order valence-corrected chi connectivity index (χ1v) is 10.5. The minimum atomic E-state index is -4.65. The Kier molecular flexibility index (Phi) is 6.25. The lowest BCUT2D eigenvalue weighted by molar-refractivity contribution is -0.138. The Bertz CT molecular complexity index is 907. The number of anilines is 1. The van der Waals surface area contributed by atoms with E-state index in [4.69, 9.17) is 0 Å². The van der Waals surface area contributed by atoms with Gasteiger partial charge in [-0.2, -0.15) is 18.4 Å². The molecule has 1 aliphatic rings. The zero-order valence-corrected chi connectivity index (χ0v) is 16.6. The molecule has 0 spiro atoms. The van der Waals surface area contributed by atoms with Gasteiger partial charge in [-0.25, -0.2) is 9.97 Å². The van der Waals surface area contributed by atoms with E-state index in [0.29, 0.717) is 17.2 Å². The van der Waals surface area contributed by atoms with Crippen LogP contribution in [0, 0.1) is 17.2 Å². The normalized spacial score (nSPS) is 16.3. The Hall–Kier alpha value is -2.12. The topological polar surface area (TPSA) is 78.7 Å². The first-order valence-electron chi connectivity index (χ1n) is 8.68. The molecule has 0 bridgehead atoms. The van der Waals surface area contributed by atoms with E-state index in [1.807, 2.05) is 6.92 Å². The number of aromatic nitrogens is 2. The van der Waals surface area contributed by atoms with Gasteiger partial charge in [-0.1, -0.05) is 25.1 Å². The molecule has 0 aliphatic heterocycles. The summed E-state index contributed by atoms with van der Waals surface area (Å²) in [6.45, 7) is 1.95. The highest BCUT2D eigenvalue weighted by atomic mass is 32.2. The SMILES string of the molecule is CCC1CCc2nc(SCC(=O)Nc3nccs3)c(C#N)c(C(F)(F)F)c2C1. The number of nitriles is 1. The average Bonchev–Trinajstić information content (AvgIpc) is 3.16. The Balaban J connectivity index is 1.91. The second-order valence-corrected chi connectivity index (χ2v) is 8.25. The minimum Gasteiger partial charge on any atom is -0.301 e. The Morgan fingerprint density at radius 3 is 2.89 bits per heavy atom. The fourth-order valence-corrected chi connectivity index (χ4v) is 4.60. The predicted molar refractivity (Wildman–Crippen MR) is 101 cm³/mol. The van der Waals surface area contributed by atoms with Crippen LogP contribution in [-0.4, -0.2) is 21.6 Å². The summed E-state index contributed by atoms with van der Waals surface area (Å²) in [5.41, 5.74) is -0.853. The molecule has 1 amide bonds. The molecular weight excluding hydrogens is 409 g/mol. The van der Waals surface area contributed by atoms with E-state index in [0.717, 1.165) is 24.6 Å². The smallest absolute Gasteiger partial charge is 0.301 e. The number of nitrogens with zero attached hydrogens (tertiary/aromatic N) is 3. The van der Waals surface area contributed by atoms with Gasteiger partial charge < -0.3 is 5.32 Å². The van der Waals surface area contributed by atoms with Gasteiger partial charge in [-0.3, -0.25) is 4.79 Å². The second-order valence-electron chi connectivity index (χ2n) is 6.39. The number of carbonyl (C=O) groups is 1. The summed E-state index contributed by atoms with van der Waals surface area (Å²) in [7, 11) is 0. The van der Waals surface area contributed by atoms with Gasteiger partial charge in [0.15, 0.2) is 5.13 Å². The molecule has 0 fully saturated rings. The number of nitrogens with one attached hydrogen (secondary N) is 1. The van der Waals surface area contributed by atoms with Crippen molar-refractivity contribution < 1.29 is 18.0 Å². The van der Waals surface area contributed by atoms with Crippen molar-refractivity contribution >= 4 is 34.1 Å². The van der Waals surface area contributed by atoms with Crippen LogP contribution in [0.3, 0.4) is 0 Å². The second kappa shape index (κ2) is 8.49. The average molecular weight is 426 g/mol. The first-order chi connectivity index (χ1) is 13.3. The molecule has 0 radical (unpaired) electrons. The predicted octanol–water partition coefficient (Wildman–Crippen LogP) is 4.67. The van der Waals surface area contributed by atoms with E-state index in [1.54, 1.807) is 11.4 Å². The number of hydrogen-bond acceptors (Lipinski definition) is 6. The number of alkyl halides is 3. The van der Waals surface area contributed by atoms with Gasteiger partial charge in [0.1, 0.15) is 11.1 Å². The van der Waals surface area contributed by atoms with Crippen LogP contribution in [0.1, 0.15) is 42.1 Å². The van der Waals surface area contributed by atoms with Gasteiger partial charge in [0.25, 0.3) is 0 Å². The maximum Gasteiger partial charge on any atom is 0.418 e. The number of thioether (sulfide) groups is 1. The summed E-state index contributed by atoms with van der Waals surface area (Å²) in [6.07, 6.45) is -0.836. The molecule has 28 heavy (non-hydrogen) atoms. The van der Waals surface area contributed by atoms with Gasteiger partial charge in [-0.15, -0.1) is 11.3 Å². The van der Waals surface area contributed by atoms with Crippen molar-refractivity contribution in [2.45, 2.75) is 43.8 Å². The number of halogens is 3. The number of carbonyl (C=O) groups excluding carboxylic acids is 1. The number of amides is 1. The van der Waals surface area contributed by atoms with Gasteiger partial charge in [-0.05, 0) is 30.7 Å². The Morgan fingerprint density at radius 2 is 2.29 bits per heavy atom. The number of fused-ring (bicyclic) bond motifs is 1. The highest BCUT2D eigenvalue weighted by molar-refractivity contribution is 8.00. The number of aryl methyl sites for hydroxylation is 1. The molecule has 2 heterocycles. The largest absolute Gasteiger partial charge is 0.418 e. The van der Waals surface area contributed by atoms with E-state index in [1.165, 1.54) is 17.5 Å². The molecule has 1 N–H and O–H groups in total. The zero-order chi connectivity index (χ0) is 20.3. The van der Waals surface area contributed by atoms with Crippen molar-refractivity contribution in [3.63, 3.8) is 0 Å². The summed E-state index contributed by atoms with van der Waals surface area (Å²) in [4.78, 5) is 20.3. The van der Waals surface area contributed by atoms with Crippen molar-refractivity contribution in [1.29, 1.82) is 5.26 Å². The summed E-state index contributed by atoms with van der Waals surface area (Å²) >= 11 is 2.08. The standard InChI is InChI=1S/C18H17F3N4OS2/c1-2-10-3-4-13-11(7-10)15(18(19,20)21)12(8-22)16(24-13)28-9-14(26)25-17-23-5-6-27-17/h5-6,10H,2-4,7,9H2,1H3,(H,23,25,26). The van der Waals surface area contributed by atoms with E-state index < -0.39 is 23.2 Å². The van der Waals surface area contributed by atoms with Crippen LogP contribution in [0.2, 0.25) is 0 Å². The van der Waals surface area contributed by atoms with Gasteiger partial charge in [0.05, 0.1) is 16.9 Å². The van der Waals surface area contributed by atoms with E-state index in [-0.39, 0.29) is 28.7 Å². The summed E-state index contributed by atoms with van der Waals surface area (Å²) in [6, 6.07) is 1.68. The van der Waals surface area contributed by atoms with Crippen LogP contribution in [0.15, 0.2) is 16.6 Å². The van der Waals surface area contributed by atoms with Crippen LogP contribution in [0.4, 0.5) is 18.3 Å². The lowest BCUT2D eigenvalue weighted by Gasteiger charge is -2.27. The number of rotatable bonds is 5. The van der Waals surface area contributed by atoms with Crippen LogP contribution in [0.5, 0.6) is 0 Å². The van der Waals surface area contributed by atoms with Crippen LogP contribution in [-0.2, 0) is 23.8 Å². The molecule has 0 saturated heterocycles. The molecule has 5 nitrogen and oxygen atoms in total. The third kappa shape index (κ3) is 4.47. The highest BCUT2D eigenvalue weighted by Crippen LogP contribution is 2.42. The summed E-state index contributed by atoms with van der Waals surface area (Å²) in [5.74, 6) is -0.415. The molecular formula is C18H17F3N4OS2. The van der Waals surface area contributed by atoms with Crippen molar-refractivity contribution in [1.82, 2.24) is 9.97 Å². The zero-order valence-electron chi connectivity index (χ0n) is 15.0. The molecule has 1 aliphatic carbocycles. The van der Waals surface area contributed by atoms with Crippen LogP contribution in [0.25, 0.3) is 0 Å². The quantitative estimate of drug-likeness (QED) is 0.703. The molecule has 0 aromatic carbocycles. The fraction of sp³-hybridized carbons (Fsp3) is 0.444. The molecule has 3 rings (SSSR count). The van der Waals surface area contributed by atoms with Crippen molar-refractivity contribution in [2.24, 2.45) is 5.92 Å². The minimum absolute atomic E-state index is 0.0437. The summed E-state index contributed by atoms with van der Waals surface area (Å²) < 4.78 is 41.4. The maximum atomic E-state index is 13.8. The maximum absolute atomic E-state index is 13.8. The van der Waals surface area contributed by atoms with Crippen molar-refractivity contribution in [3.05, 3.63) is 34.0 Å². The van der Waals surface area contributed by atoms with E-state index >= 15 is 0 Å². The number of thiazole rings is 1. The Morgan fingerprint density at radius 1 is 1.50 bits per heavy atom. The summed E-state index contributed by atoms with van der Waals surface area (Å²) in [5, 5.41) is 14.1. The van der Waals surface area contributed by atoms with Crippen molar-refractivity contribution in [3.8, 4) is 6.07 Å². The third-order valence-corrected chi connectivity index (χ3v) is 6.29. The van der Waals surface area contributed by atoms with Crippen LogP contribution >= 0.6 is 23.1 Å². The molecule has 2 aromatic heterocycles. The van der Waals surface area contributed by atoms with Gasteiger partial charge in [0.2, 0.25) is 5.91 Å². The monoisotopic (exact) mass is 426 g/mol. The van der Waals surface area contributed by atoms with E-state index in [2.05, 4.69) is 15.3 Å². The highest BCUT2D eigenvalue weighted by Gasteiger charge is 2.40. The molecule has 148 valence electrons. The number of pyridine rings is 1. The third-order valence-electron chi connectivity index (χ3n) is 4.62. The molecule has 10 heteroatoms. The molecule has 2 aromatic rings. The molecule has 0 saturated carbocycles. The van der Waals surface area contributed by atoms with Gasteiger partial charge >= 0.3 is 6.18 Å². The first kappa shape index (κ1) is 20.6. The fourth-order valence-electron chi connectivity index (χ4n) is 3.25. The lowest BCUT2D eigenvalue weighted by atomic mass is 9.82.